The van der Waals surface area contributed by atoms with Gasteiger partial charge in [-0.15, -0.1) is 0 Å². The average Bonchev–Trinajstić information content (AvgIpc) is 3.10. The van der Waals surface area contributed by atoms with E-state index in [1.54, 1.807) is 9.58 Å². The molecule has 0 bridgehead atoms. The lowest BCUT2D eigenvalue weighted by molar-refractivity contribution is -0.146. The summed E-state index contributed by atoms with van der Waals surface area (Å²) in [5.74, 6) is -1.28. The van der Waals surface area contributed by atoms with E-state index in [1.807, 2.05) is 19.2 Å². The Morgan fingerprint density at radius 3 is 2.78 bits per heavy atom. The molecule has 7 heteroatoms. The Morgan fingerprint density at radius 2 is 2.17 bits per heavy atom. The average molecular weight is 321 g/mol. The molecule has 1 aromatic heterocycles. The van der Waals surface area contributed by atoms with Crippen molar-refractivity contribution in [2.75, 3.05) is 26.3 Å². The Kier molecular flexibility index (Phi) is 4.39. The van der Waals surface area contributed by atoms with Crippen molar-refractivity contribution in [1.82, 2.24) is 14.7 Å². The van der Waals surface area contributed by atoms with E-state index in [0.717, 1.165) is 5.69 Å². The van der Waals surface area contributed by atoms with Crippen molar-refractivity contribution in [2.24, 2.45) is 11.3 Å². The third kappa shape index (κ3) is 3.24. The number of amides is 1. The number of likely N-dealkylation sites (tertiary alicyclic amines) is 1. The summed E-state index contributed by atoms with van der Waals surface area (Å²) < 4.78 is 7.13. The Hall–Kier alpha value is -1.89. The SMILES string of the molecule is Cc1ccn(CCC(=O)N2CC(C(=O)O)C3(CCOCC3)C2)n1. The van der Waals surface area contributed by atoms with E-state index in [0.29, 0.717) is 52.1 Å². The van der Waals surface area contributed by atoms with Crippen molar-refractivity contribution < 1.29 is 19.4 Å². The van der Waals surface area contributed by atoms with Gasteiger partial charge in [-0.1, -0.05) is 0 Å². The summed E-state index contributed by atoms with van der Waals surface area (Å²) in [6.45, 7) is 4.44. The molecule has 0 saturated carbocycles. The first-order chi connectivity index (χ1) is 11.0. The van der Waals surface area contributed by atoms with Gasteiger partial charge in [0.15, 0.2) is 0 Å². The van der Waals surface area contributed by atoms with Gasteiger partial charge in [-0.3, -0.25) is 14.3 Å². The monoisotopic (exact) mass is 321 g/mol. The van der Waals surface area contributed by atoms with E-state index in [1.165, 1.54) is 0 Å². The van der Waals surface area contributed by atoms with Crippen molar-refractivity contribution in [2.45, 2.75) is 32.7 Å². The zero-order valence-corrected chi connectivity index (χ0v) is 13.4. The third-order valence-corrected chi connectivity index (χ3v) is 5.12. The summed E-state index contributed by atoms with van der Waals surface area (Å²) in [7, 11) is 0. The summed E-state index contributed by atoms with van der Waals surface area (Å²) in [6, 6.07) is 1.90. The quantitative estimate of drug-likeness (QED) is 0.891. The van der Waals surface area contributed by atoms with E-state index in [-0.39, 0.29) is 11.3 Å². The Morgan fingerprint density at radius 1 is 1.43 bits per heavy atom. The number of carboxylic acids is 1. The fourth-order valence-corrected chi connectivity index (χ4v) is 3.74. The highest BCUT2D eigenvalue weighted by molar-refractivity contribution is 5.79. The number of nitrogens with zero attached hydrogens (tertiary/aromatic N) is 3. The maximum atomic E-state index is 12.5. The topological polar surface area (TPSA) is 84.7 Å². The van der Waals surface area contributed by atoms with E-state index in [9.17, 15) is 14.7 Å². The van der Waals surface area contributed by atoms with Crippen LogP contribution in [0.15, 0.2) is 12.3 Å². The zero-order valence-electron chi connectivity index (χ0n) is 13.4. The molecule has 1 amide bonds. The minimum Gasteiger partial charge on any atom is -0.481 e. The molecular weight excluding hydrogens is 298 g/mol. The van der Waals surface area contributed by atoms with Crippen LogP contribution in [0.25, 0.3) is 0 Å². The molecule has 1 atom stereocenters. The predicted molar refractivity (Wildman–Crippen MR) is 81.8 cm³/mol. The van der Waals surface area contributed by atoms with Crippen LogP contribution >= 0.6 is 0 Å². The number of carbonyl (C=O) groups excluding carboxylic acids is 1. The molecule has 2 saturated heterocycles. The minimum atomic E-state index is -0.801. The summed E-state index contributed by atoms with van der Waals surface area (Å²) in [5.41, 5.74) is 0.605. The fourth-order valence-electron chi connectivity index (χ4n) is 3.74. The van der Waals surface area contributed by atoms with Crippen LogP contribution in [0.3, 0.4) is 0 Å². The molecule has 3 rings (SSSR count). The van der Waals surface area contributed by atoms with Crippen LogP contribution in [-0.2, 0) is 20.9 Å². The van der Waals surface area contributed by atoms with E-state index < -0.39 is 11.9 Å². The van der Waals surface area contributed by atoms with Crippen LogP contribution in [0.5, 0.6) is 0 Å². The lowest BCUT2D eigenvalue weighted by Crippen LogP contribution is -2.40. The second-order valence-corrected chi connectivity index (χ2v) is 6.61. The fraction of sp³-hybridized carbons (Fsp3) is 0.688. The van der Waals surface area contributed by atoms with E-state index in [2.05, 4.69) is 5.10 Å². The Labute approximate surface area is 135 Å². The smallest absolute Gasteiger partial charge is 0.308 e. The first-order valence-corrected chi connectivity index (χ1v) is 8.09. The van der Waals surface area contributed by atoms with Gasteiger partial charge in [0.05, 0.1) is 11.6 Å². The van der Waals surface area contributed by atoms with Gasteiger partial charge >= 0.3 is 5.97 Å². The van der Waals surface area contributed by atoms with Crippen LogP contribution in [-0.4, -0.2) is 58.0 Å². The summed E-state index contributed by atoms with van der Waals surface area (Å²) in [5, 5.41) is 13.8. The van der Waals surface area contributed by atoms with Gasteiger partial charge in [0, 0.05) is 50.9 Å². The minimum absolute atomic E-state index is 0.00719. The number of hydrogen-bond donors (Lipinski definition) is 1. The second-order valence-electron chi connectivity index (χ2n) is 6.61. The number of aryl methyl sites for hydroxylation is 2. The normalized spacial score (nSPS) is 23.3. The lowest BCUT2D eigenvalue weighted by atomic mass is 9.72. The van der Waals surface area contributed by atoms with Crippen molar-refractivity contribution >= 4 is 11.9 Å². The molecule has 126 valence electrons. The van der Waals surface area contributed by atoms with Crippen LogP contribution in [0.1, 0.15) is 25.0 Å². The lowest BCUT2D eigenvalue weighted by Gasteiger charge is -2.36. The second kappa shape index (κ2) is 6.31. The maximum Gasteiger partial charge on any atom is 0.308 e. The first kappa shape index (κ1) is 16.0. The number of carbonyl (C=O) groups is 2. The molecule has 0 aromatic carbocycles. The predicted octanol–water partition coefficient (Wildman–Crippen LogP) is 0.921. The molecule has 7 nitrogen and oxygen atoms in total. The van der Waals surface area contributed by atoms with Crippen molar-refractivity contribution in [1.29, 1.82) is 0 Å². The Bertz CT molecular complexity index is 592. The molecule has 1 unspecified atom stereocenters. The third-order valence-electron chi connectivity index (χ3n) is 5.12. The van der Waals surface area contributed by atoms with Gasteiger partial charge in [-0.25, -0.2) is 0 Å². The highest BCUT2D eigenvalue weighted by atomic mass is 16.5. The highest BCUT2D eigenvalue weighted by Crippen LogP contribution is 2.44. The number of ether oxygens (including phenoxy) is 1. The number of hydrogen-bond acceptors (Lipinski definition) is 4. The first-order valence-electron chi connectivity index (χ1n) is 8.09. The molecular formula is C16H23N3O4. The zero-order chi connectivity index (χ0) is 16.4. The molecule has 23 heavy (non-hydrogen) atoms. The Balaban J connectivity index is 1.63. The van der Waals surface area contributed by atoms with Crippen LogP contribution in [0, 0.1) is 18.3 Å². The molecule has 2 fully saturated rings. The highest BCUT2D eigenvalue weighted by Gasteiger charge is 2.51. The number of rotatable bonds is 4. The molecule has 0 aliphatic carbocycles. The van der Waals surface area contributed by atoms with Crippen LogP contribution in [0.4, 0.5) is 0 Å². The largest absolute Gasteiger partial charge is 0.481 e. The van der Waals surface area contributed by atoms with Gasteiger partial charge in [-0.2, -0.15) is 5.10 Å². The number of aliphatic carboxylic acids is 1. The van der Waals surface area contributed by atoms with Crippen molar-refractivity contribution in [3.8, 4) is 0 Å². The van der Waals surface area contributed by atoms with Crippen molar-refractivity contribution in [3.63, 3.8) is 0 Å². The number of carboxylic acid groups (broad SMARTS) is 1. The molecule has 3 heterocycles. The van der Waals surface area contributed by atoms with Crippen LogP contribution < -0.4 is 0 Å². The van der Waals surface area contributed by atoms with Gasteiger partial charge in [0.2, 0.25) is 5.91 Å². The maximum absolute atomic E-state index is 12.5. The molecule has 2 aliphatic rings. The molecule has 1 aromatic rings. The van der Waals surface area contributed by atoms with Crippen molar-refractivity contribution in [3.05, 3.63) is 18.0 Å². The molecule has 1 spiro atoms. The summed E-state index contributed by atoms with van der Waals surface area (Å²) in [6.07, 6.45) is 3.63. The van der Waals surface area contributed by atoms with Gasteiger partial charge in [0.1, 0.15) is 0 Å². The summed E-state index contributed by atoms with van der Waals surface area (Å²) in [4.78, 5) is 25.8. The van der Waals surface area contributed by atoms with Crippen LogP contribution in [0.2, 0.25) is 0 Å². The standard InChI is InChI=1S/C16H23N3O4/c1-12-2-6-19(17-12)7-3-14(20)18-10-13(15(21)22)16(11-18)4-8-23-9-5-16/h2,6,13H,3-5,7-11H2,1H3,(H,21,22). The van der Waals surface area contributed by atoms with E-state index in [4.69, 9.17) is 4.74 Å². The van der Waals surface area contributed by atoms with Gasteiger partial charge < -0.3 is 14.7 Å². The van der Waals surface area contributed by atoms with Gasteiger partial charge in [0.25, 0.3) is 0 Å². The van der Waals surface area contributed by atoms with Gasteiger partial charge in [-0.05, 0) is 25.8 Å². The summed E-state index contributed by atoms with van der Waals surface area (Å²) >= 11 is 0. The molecule has 1 N–H and O–H groups in total. The van der Waals surface area contributed by atoms with E-state index >= 15 is 0 Å². The molecule has 2 aliphatic heterocycles. The number of aromatic nitrogens is 2. The molecule has 0 radical (unpaired) electrons.